The van der Waals surface area contributed by atoms with Gasteiger partial charge in [0.1, 0.15) is 12.4 Å². The minimum atomic E-state index is 0.316. The molecule has 1 N–H and O–H groups in total. The number of unbranched alkanes of at least 4 members (excludes halogenated alkanes) is 1. The average molecular weight is 278 g/mol. The van der Waals surface area contributed by atoms with Crippen LogP contribution < -0.4 is 4.74 Å². The van der Waals surface area contributed by atoms with Crippen molar-refractivity contribution >= 4 is 0 Å². The van der Waals surface area contributed by atoms with Crippen LogP contribution in [0.1, 0.15) is 12.8 Å². The molecule has 0 aromatic heterocycles. The molecule has 0 unspecified atom stereocenters. The van der Waals surface area contributed by atoms with E-state index in [4.69, 9.17) is 9.84 Å². The van der Waals surface area contributed by atoms with Gasteiger partial charge in [-0.25, -0.2) is 0 Å². The third-order valence-corrected chi connectivity index (χ3v) is 3.77. The van der Waals surface area contributed by atoms with Crippen LogP contribution in [0.25, 0.3) is 0 Å². The van der Waals surface area contributed by atoms with Crippen LogP contribution in [0.3, 0.4) is 0 Å². The summed E-state index contributed by atoms with van der Waals surface area (Å²) in [6.45, 7) is 7.71. The lowest BCUT2D eigenvalue weighted by molar-refractivity contribution is 0.114. The van der Waals surface area contributed by atoms with Crippen molar-refractivity contribution in [3.63, 3.8) is 0 Å². The highest BCUT2D eigenvalue weighted by atomic mass is 16.5. The van der Waals surface area contributed by atoms with Crippen LogP contribution in [0, 0.1) is 0 Å². The van der Waals surface area contributed by atoms with Crippen LogP contribution in [0.5, 0.6) is 5.75 Å². The molecule has 2 rings (SSSR count). The molecule has 4 heteroatoms. The fourth-order valence-corrected chi connectivity index (χ4v) is 2.49. The first-order valence-electron chi connectivity index (χ1n) is 7.62. The fraction of sp³-hybridized carbons (Fsp3) is 0.625. The van der Waals surface area contributed by atoms with Gasteiger partial charge in [-0.05, 0) is 31.5 Å². The van der Waals surface area contributed by atoms with Gasteiger partial charge in [-0.2, -0.15) is 0 Å². The highest BCUT2D eigenvalue weighted by Gasteiger charge is 2.15. The first-order chi connectivity index (χ1) is 9.88. The Kier molecular flexibility index (Phi) is 6.84. The standard InChI is InChI=1S/C16H26N2O2/c19-14-5-4-8-17-9-11-18(12-10-17)13-15-20-16-6-2-1-3-7-16/h1-3,6-7,19H,4-5,8-15H2. The predicted molar refractivity (Wildman–Crippen MR) is 81.1 cm³/mol. The quantitative estimate of drug-likeness (QED) is 0.730. The molecular weight excluding hydrogens is 252 g/mol. The van der Waals surface area contributed by atoms with Crippen LogP contribution in [-0.4, -0.2) is 67.4 Å². The fourth-order valence-electron chi connectivity index (χ4n) is 2.49. The minimum absolute atomic E-state index is 0.316. The summed E-state index contributed by atoms with van der Waals surface area (Å²) in [6.07, 6.45) is 2.03. The van der Waals surface area contributed by atoms with Gasteiger partial charge in [0.05, 0.1) is 0 Å². The smallest absolute Gasteiger partial charge is 0.119 e. The maximum atomic E-state index is 8.79. The van der Waals surface area contributed by atoms with Crippen molar-refractivity contribution in [3.05, 3.63) is 30.3 Å². The Bertz CT molecular complexity index is 351. The van der Waals surface area contributed by atoms with Crippen molar-refractivity contribution in [1.29, 1.82) is 0 Å². The van der Waals surface area contributed by atoms with Crippen LogP contribution in [0.15, 0.2) is 30.3 Å². The van der Waals surface area contributed by atoms with Crippen molar-refractivity contribution in [2.75, 3.05) is 52.5 Å². The first-order valence-corrected chi connectivity index (χ1v) is 7.62. The minimum Gasteiger partial charge on any atom is -0.492 e. The van der Waals surface area contributed by atoms with Crippen molar-refractivity contribution in [2.24, 2.45) is 0 Å². The Hall–Kier alpha value is -1.10. The number of para-hydroxylation sites is 1. The van der Waals surface area contributed by atoms with E-state index in [0.717, 1.165) is 64.5 Å². The third kappa shape index (κ3) is 5.49. The zero-order chi connectivity index (χ0) is 14.0. The number of piperazine rings is 1. The van der Waals surface area contributed by atoms with E-state index in [1.54, 1.807) is 0 Å². The van der Waals surface area contributed by atoms with Gasteiger partial charge >= 0.3 is 0 Å². The lowest BCUT2D eigenvalue weighted by Crippen LogP contribution is -2.47. The largest absolute Gasteiger partial charge is 0.492 e. The lowest BCUT2D eigenvalue weighted by Gasteiger charge is -2.34. The summed E-state index contributed by atoms with van der Waals surface area (Å²) in [5.74, 6) is 0.954. The Labute approximate surface area is 122 Å². The number of ether oxygens (including phenoxy) is 1. The van der Waals surface area contributed by atoms with E-state index in [9.17, 15) is 0 Å². The SMILES string of the molecule is OCCCCN1CCN(CCOc2ccccc2)CC1. The van der Waals surface area contributed by atoms with E-state index in [1.807, 2.05) is 30.3 Å². The van der Waals surface area contributed by atoms with Crippen molar-refractivity contribution < 1.29 is 9.84 Å². The summed E-state index contributed by atoms with van der Waals surface area (Å²) in [6, 6.07) is 10.0. The molecule has 1 fully saturated rings. The van der Waals surface area contributed by atoms with Crippen LogP contribution >= 0.6 is 0 Å². The molecule has 4 nitrogen and oxygen atoms in total. The molecule has 112 valence electrons. The lowest BCUT2D eigenvalue weighted by atomic mass is 10.2. The molecule has 0 spiro atoms. The first kappa shape index (κ1) is 15.3. The van der Waals surface area contributed by atoms with Gasteiger partial charge in [0, 0.05) is 39.3 Å². The number of aliphatic hydroxyl groups excluding tert-OH is 1. The van der Waals surface area contributed by atoms with Crippen molar-refractivity contribution in [1.82, 2.24) is 9.80 Å². The van der Waals surface area contributed by atoms with Gasteiger partial charge in [-0.1, -0.05) is 18.2 Å². The monoisotopic (exact) mass is 278 g/mol. The molecule has 1 aromatic rings. The summed E-state index contributed by atoms with van der Waals surface area (Å²) in [7, 11) is 0. The molecular formula is C16H26N2O2. The van der Waals surface area contributed by atoms with Gasteiger partial charge in [0.2, 0.25) is 0 Å². The molecule has 1 aliphatic rings. The van der Waals surface area contributed by atoms with Gasteiger partial charge < -0.3 is 14.7 Å². The van der Waals surface area contributed by atoms with Crippen LogP contribution in [-0.2, 0) is 0 Å². The van der Waals surface area contributed by atoms with E-state index in [-0.39, 0.29) is 0 Å². The molecule has 1 aliphatic heterocycles. The molecule has 1 aromatic carbocycles. The van der Waals surface area contributed by atoms with E-state index in [1.165, 1.54) is 0 Å². The molecule has 1 saturated heterocycles. The summed E-state index contributed by atoms with van der Waals surface area (Å²) < 4.78 is 5.73. The Morgan fingerprint density at radius 1 is 0.900 bits per heavy atom. The molecule has 0 amide bonds. The van der Waals surface area contributed by atoms with Gasteiger partial charge in [-0.3, -0.25) is 4.90 Å². The van der Waals surface area contributed by atoms with Crippen LogP contribution in [0.4, 0.5) is 0 Å². The summed E-state index contributed by atoms with van der Waals surface area (Å²) in [5, 5.41) is 8.79. The number of benzene rings is 1. The molecule has 0 radical (unpaired) electrons. The highest BCUT2D eigenvalue weighted by Crippen LogP contribution is 2.08. The topological polar surface area (TPSA) is 35.9 Å². The highest BCUT2D eigenvalue weighted by molar-refractivity contribution is 5.20. The van der Waals surface area contributed by atoms with Gasteiger partial charge in [-0.15, -0.1) is 0 Å². The van der Waals surface area contributed by atoms with E-state index >= 15 is 0 Å². The molecule has 0 bridgehead atoms. The average Bonchev–Trinajstić information content (AvgIpc) is 2.50. The molecule has 0 atom stereocenters. The number of rotatable bonds is 8. The Morgan fingerprint density at radius 2 is 1.55 bits per heavy atom. The number of nitrogens with zero attached hydrogens (tertiary/aromatic N) is 2. The Balaban J connectivity index is 1.55. The normalized spacial score (nSPS) is 17.2. The second-order valence-corrected chi connectivity index (χ2v) is 5.28. The molecule has 20 heavy (non-hydrogen) atoms. The summed E-state index contributed by atoms with van der Waals surface area (Å²) in [5.41, 5.74) is 0. The second kappa shape index (κ2) is 8.95. The van der Waals surface area contributed by atoms with E-state index in [2.05, 4.69) is 9.80 Å². The molecule has 0 aliphatic carbocycles. The summed E-state index contributed by atoms with van der Waals surface area (Å²) in [4.78, 5) is 4.95. The maximum Gasteiger partial charge on any atom is 0.119 e. The molecule has 0 saturated carbocycles. The van der Waals surface area contributed by atoms with Crippen molar-refractivity contribution in [3.8, 4) is 5.75 Å². The predicted octanol–water partition coefficient (Wildman–Crippen LogP) is 1.46. The second-order valence-electron chi connectivity index (χ2n) is 5.28. The van der Waals surface area contributed by atoms with E-state index < -0.39 is 0 Å². The van der Waals surface area contributed by atoms with Crippen molar-refractivity contribution in [2.45, 2.75) is 12.8 Å². The summed E-state index contributed by atoms with van der Waals surface area (Å²) >= 11 is 0. The van der Waals surface area contributed by atoms with Gasteiger partial charge in [0.15, 0.2) is 0 Å². The zero-order valence-electron chi connectivity index (χ0n) is 12.2. The van der Waals surface area contributed by atoms with Crippen LogP contribution in [0.2, 0.25) is 0 Å². The molecule has 1 heterocycles. The Morgan fingerprint density at radius 3 is 2.20 bits per heavy atom. The number of hydrogen-bond acceptors (Lipinski definition) is 4. The van der Waals surface area contributed by atoms with E-state index in [0.29, 0.717) is 6.61 Å². The number of aliphatic hydroxyl groups is 1. The van der Waals surface area contributed by atoms with Gasteiger partial charge in [0.25, 0.3) is 0 Å². The zero-order valence-corrected chi connectivity index (χ0v) is 12.2. The maximum absolute atomic E-state index is 8.79. The number of hydrogen-bond donors (Lipinski definition) is 1. The third-order valence-electron chi connectivity index (χ3n) is 3.77.